The Morgan fingerprint density at radius 2 is 0.800 bits per heavy atom. The maximum atomic E-state index is 4.44. The number of hydrogen-bond donors (Lipinski definition) is 1. The van der Waals surface area contributed by atoms with Crippen molar-refractivity contribution in [2.75, 3.05) is 0 Å². The third kappa shape index (κ3) is 3.84. The summed E-state index contributed by atoms with van der Waals surface area (Å²) in [7, 11) is -4.42. The van der Waals surface area contributed by atoms with Crippen LogP contribution in [-0.2, 0) is 0 Å². The summed E-state index contributed by atoms with van der Waals surface area (Å²) in [5.41, 5.74) is 0. The van der Waals surface area contributed by atoms with E-state index < -0.39 is 16.5 Å². The van der Waals surface area contributed by atoms with Crippen molar-refractivity contribution in [1.82, 2.24) is 4.65 Å². The molecule has 4 aromatic carbocycles. The number of nitrogens with one attached hydrogen (secondary N) is 1. The van der Waals surface area contributed by atoms with Gasteiger partial charge in [0.25, 0.3) is 0 Å². The van der Waals surface area contributed by atoms with E-state index in [9.17, 15) is 0 Å². The maximum Gasteiger partial charge on any atom is 0.183 e. The van der Waals surface area contributed by atoms with Crippen LogP contribution in [0.25, 0.3) is 0 Å². The molecule has 0 aromatic heterocycles. The van der Waals surface area contributed by atoms with E-state index in [-0.39, 0.29) is 0 Å². The summed E-state index contributed by atoms with van der Waals surface area (Å²) in [5.74, 6) is 0. The highest BCUT2D eigenvalue weighted by molar-refractivity contribution is 7.13. The molecule has 150 valence electrons. The summed E-state index contributed by atoms with van der Waals surface area (Å²) in [4.78, 5) is 0. The van der Waals surface area contributed by atoms with Crippen molar-refractivity contribution < 1.29 is 0 Å². The molecule has 4 aromatic rings. The fraction of sp³-hybridized carbons (Fsp3) is 0.111. The van der Waals surface area contributed by atoms with E-state index in [1.807, 2.05) is 0 Å². The van der Waals surface area contributed by atoms with Gasteiger partial charge in [0.1, 0.15) is 0 Å². The second-order valence-electron chi connectivity index (χ2n) is 7.97. The standard InChI is InChI=1S/C27H29NSi2/c1-3-30(26-20-12-6-13-21-26,27-22-14-7-15-23-27)28-29(2,24-16-8-4-9-17-24)25-18-10-5-11-19-25/h4-23,28H,3H2,1-2H3. The van der Waals surface area contributed by atoms with Crippen molar-refractivity contribution in [3.8, 4) is 0 Å². The molecular weight excluding hydrogens is 394 g/mol. The second-order valence-corrected chi connectivity index (χ2v) is 16.1. The zero-order valence-corrected chi connectivity index (χ0v) is 19.8. The van der Waals surface area contributed by atoms with Gasteiger partial charge in [0, 0.05) is 0 Å². The van der Waals surface area contributed by atoms with Crippen molar-refractivity contribution in [3.05, 3.63) is 121 Å². The van der Waals surface area contributed by atoms with Crippen LogP contribution in [0.15, 0.2) is 121 Å². The molecule has 0 aliphatic carbocycles. The summed E-state index contributed by atoms with van der Waals surface area (Å²) in [6, 6.07) is 45.5. The zero-order valence-electron chi connectivity index (χ0n) is 17.8. The van der Waals surface area contributed by atoms with Crippen LogP contribution in [0.4, 0.5) is 0 Å². The van der Waals surface area contributed by atoms with Gasteiger partial charge < -0.3 is 4.65 Å². The Morgan fingerprint density at radius 1 is 0.500 bits per heavy atom. The number of hydrogen-bond acceptors (Lipinski definition) is 1. The second kappa shape index (κ2) is 8.96. The molecule has 0 saturated heterocycles. The van der Waals surface area contributed by atoms with Crippen molar-refractivity contribution in [2.45, 2.75) is 19.5 Å². The Morgan fingerprint density at radius 3 is 1.10 bits per heavy atom. The van der Waals surface area contributed by atoms with E-state index in [0.717, 1.165) is 6.04 Å². The van der Waals surface area contributed by atoms with Crippen molar-refractivity contribution in [1.29, 1.82) is 0 Å². The van der Waals surface area contributed by atoms with Crippen LogP contribution in [0.2, 0.25) is 12.6 Å². The highest BCUT2D eigenvalue weighted by Crippen LogP contribution is 2.13. The van der Waals surface area contributed by atoms with Gasteiger partial charge in [-0.2, -0.15) is 0 Å². The van der Waals surface area contributed by atoms with Gasteiger partial charge in [0.05, 0.1) is 0 Å². The zero-order chi connectivity index (χ0) is 20.9. The van der Waals surface area contributed by atoms with Crippen LogP contribution < -0.4 is 25.4 Å². The summed E-state index contributed by atoms with van der Waals surface area (Å²) in [6.07, 6.45) is 0. The van der Waals surface area contributed by atoms with Crippen LogP contribution in [0.5, 0.6) is 0 Å². The minimum atomic E-state index is -2.21. The molecule has 0 saturated carbocycles. The van der Waals surface area contributed by atoms with E-state index in [1.165, 1.54) is 20.7 Å². The van der Waals surface area contributed by atoms with Gasteiger partial charge in [0.2, 0.25) is 0 Å². The molecule has 0 atom stereocenters. The smallest absolute Gasteiger partial charge is 0.183 e. The number of rotatable bonds is 7. The molecule has 1 nitrogen and oxygen atoms in total. The van der Waals surface area contributed by atoms with E-state index >= 15 is 0 Å². The van der Waals surface area contributed by atoms with Gasteiger partial charge in [-0.3, -0.25) is 0 Å². The molecule has 30 heavy (non-hydrogen) atoms. The van der Waals surface area contributed by atoms with E-state index in [4.69, 9.17) is 0 Å². The molecule has 0 amide bonds. The van der Waals surface area contributed by atoms with Gasteiger partial charge in [-0.05, 0) is 33.3 Å². The molecule has 0 fully saturated rings. The Bertz CT molecular complexity index is 972. The third-order valence-corrected chi connectivity index (χ3v) is 16.6. The first-order valence-electron chi connectivity index (χ1n) is 10.7. The lowest BCUT2D eigenvalue weighted by molar-refractivity contribution is 1.27. The van der Waals surface area contributed by atoms with Gasteiger partial charge in [-0.15, -0.1) is 0 Å². The first-order chi connectivity index (χ1) is 14.7. The van der Waals surface area contributed by atoms with Crippen LogP contribution in [0.1, 0.15) is 6.92 Å². The SMILES string of the molecule is CC[Si](N[Si](C)(c1ccccc1)c1ccccc1)(c1ccccc1)c1ccccc1. The Balaban J connectivity index is 1.94. The molecule has 4 rings (SSSR count). The summed E-state index contributed by atoms with van der Waals surface area (Å²) >= 11 is 0. The fourth-order valence-electron chi connectivity index (χ4n) is 4.53. The molecule has 1 N–H and O–H groups in total. The lowest BCUT2D eigenvalue weighted by Crippen LogP contribution is -2.81. The minimum Gasteiger partial charge on any atom is -0.345 e. The largest absolute Gasteiger partial charge is 0.345 e. The minimum absolute atomic E-state index is 1.10. The Hall–Kier alpha value is -2.73. The summed E-state index contributed by atoms with van der Waals surface area (Å²) < 4.78 is 4.44. The molecule has 0 aliphatic heterocycles. The number of benzene rings is 4. The Labute approximate surface area is 182 Å². The summed E-state index contributed by atoms with van der Waals surface area (Å²) in [6.45, 7) is 4.82. The first kappa shape index (κ1) is 20.5. The predicted octanol–water partition coefficient (Wildman–Crippen LogP) is 3.75. The molecule has 0 radical (unpaired) electrons. The van der Waals surface area contributed by atoms with Crippen LogP contribution >= 0.6 is 0 Å². The average molecular weight is 424 g/mol. The molecule has 0 aliphatic rings. The van der Waals surface area contributed by atoms with Crippen LogP contribution in [-0.4, -0.2) is 16.5 Å². The lowest BCUT2D eigenvalue weighted by Gasteiger charge is -2.42. The topological polar surface area (TPSA) is 12.0 Å². The average Bonchev–Trinajstić information content (AvgIpc) is 2.85. The molecule has 0 spiro atoms. The van der Waals surface area contributed by atoms with Gasteiger partial charge in [-0.1, -0.05) is 128 Å². The Kier molecular flexibility index (Phi) is 6.14. The van der Waals surface area contributed by atoms with E-state index in [0.29, 0.717) is 0 Å². The normalized spacial score (nSPS) is 11.9. The molecule has 0 bridgehead atoms. The quantitative estimate of drug-likeness (QED) is 0.447. The van der Waals surface area contributed by atoms with Crippen LogP contribution in [0, 0.1) is 0 Å². The molecule has 0 unspecified atom stereocenters. The van der Waals surface area contributed by atoms with Crippen molar-refractivity contribution in [3.63, 3.8) is 0 Å². The molecule has 0 heterocycles. The van der Waals surface area contributed by atoms with E-state index in [1.54, 1.807) is 0 Å². The maximum absolute atomic E-state index is 4.44. The fourth-order valence-corrected chi connectivity index (χ4v) is 15.7. The monoisotopic (exact) mass is 423 g/mol. The van der Waals surface area contributed by atoms with Crippen molar-refractivity contribution >= 4 is 37.2 Å². The van der Waals surface area contributed by atoms with Gasteiger partial charge in [-0.25, -0.2) is 0 Å². The van der Waals surface area contributed by atoms with Gasteiger partial charge >= 0.3 is 0 Å². The molecule has 3 heteroatoms. The predicted molar refractivity (Wildman–Crippen MR) is 135 cm³/mol. The van der Waals surface area contributed by atoms with Gasteiger partial charge in [0.15, 0.2) is 16.5 Å². The summed E-state index contributed by atoms with van der Waals surface area (Å²) in [5, 5.41) is 5.75. The van der Waals surface area contributed by atoms with Crippen LogP contribution in [0.3, 0.4) is 0 Å². The lowest BCUT2D eigenvalue weighted by atomic mass is 10.4. The molecular formula is C27H29NSi2. The van der Waals surface area contributed by atoms with E-state index in [2.05, 4.69) is 139 Å². The van der Waals surface area contributed by atoms with Crippen molar-refractivity contribution in [2.24, 2.45) is 0 Å². The highest BCUT2D eigenvalue weighted by Gasteiger charge is 2.44. The first-order valence-corrected chi connectivity index (χ1v) is 15.4. The third-order valence-electron chi connectivity index (χ3n) is 6.23. The highest BCUT2D eigenvalue weighted by atomic mass is 28.4.